The van der Waals surface area contributed by atoms with Crippen LogP contribution >= 0.6 is 0 Å². The first-order valence-electron chi connectivity index (χ1n) is 6.38. The van der Waals surface area contributed by atoms with Gasteiger partial charge in [0.05, 0.1) is 11.7 Å². The Bertz CT molecular complexity index is 627. The predicted molar refractivity (Wildman–Crippen MR) is 73.3 cm³/mol. The highest BCUT2D eigenvalue weighted by atomic mass is 16.2. The molecule has 1 fully saturated rings. The summed E-state index contributed by atoms with van der Waals surface area (Å²) in [4.78, 5) is 25.7. The summed E-state index contributed by atoms with van der Waals surface area (Å²) in [5, 5.41) is 6.98. The second-order valence-electron chi connectivity index (χ2n) is 4.78. The summed E-state index contributed by atoms with van der Waals surface area (Å²) in [5.74, 6) is 0.00277. The van der Waals surface area contributed by atoms with Crippen LogP contribution in [0, 0.1) is 0 Å². The molecule has 5 heteroatoms. The van der Waals surface area contributed by atoms with Crippen LogP contribution in [0.3, 0.4) is 0 Å². The van der Waals surface area contributed by atoms with E-state index >= 15 is 0 Å². The van der Waals surface area contributed by atoms with Gasteiger partial charge in [-0.1, -0.05) is 0 Å². The van der Waals surface area contributed by atoms with Gasteiger partial charge >= 0.3 is 0 Å². The Morgan fingerprint density at radius 2 is 2.26 bits per heavy atom. The Hall–Kier alpha value is -2.14. The van der Waals surface area contributed by atoms with Crippen LogP contribution in [0.4, 0.5) is 5.69 Å². The van der Waals surface area contributed by atoms with E-state index in [1.54, 1.807) is 6.07 Å². The fraction of sp³-hybridized carbons (Fsp3) is 0.286. The highest BCUT2D eigenvalue weighted by Crippen LogP contribution is 2.20. The fourth-order valence-corrected chi connectivity index (χ4v) is 2.43. The van der Waals surface area contributed by atoms with E-state index in [1.165, 1.54) is 0 Å². The highest BCUT2D eigenvalue weighted by Gasteiger charge is 2.21. The van der Waals surface area contributed by atoms with Crippen molar-refractivity contribution in [2.75, 3.05) is 11.9 Å². The normalized spacial score (nSPS) is 18.6. The van der Waals surface area contributed by atoms with Gasteiger partial charge in [-0.05, 0) is 43.7 Å². The van der Waals surface area contributed by atoms with E-state index in [1.807, 2.05) is 18.2 Å². The summed E-state index contributed by atoms with van der Waals surface area (Å²) in [7, 11) is 0. The molecule has 0 aliphatic carbocycles. The summed E-state index contributed by atoms with van der Waals surface area (Å²) >= 11 is 0. The minimum Gasteiger partial charge on any atom is -0.352 e. The predicted octanol–water partition coefficient (Wildman–Crippen LogP) is 1.67. The molecule has 0 radical (unpaired) electrons. The molecule has 1 aliphatic heterocycles. The molecule has 1 aromatic heterocycles. The zero-order chi connectivity index (χ0) is 13.2. The summed E-state index contributed by atoms with van der Waals surface area (Å²) in [5.41, 5.74) is 2.18. The van der Waals surface area contributed by atoms with Crippen LogP contribution < -0.4 is 10.6 Å². The SMILES string of the molecule is O=Cc1cc2cc(NC(=O)[C@@H]3CCCN3)ccc2[nH]1. The molecule has 98 valence electrons. The minimum atomic E-state index is -0.0903. The average Bonchev–Trinajstić information content (AvgIpc) is 3.07. The van der Waals surface area contributed by atoms with Gasteiger partial charge in [0.25, 0.3) is 0 Å². The third-order valence-electron chi connectivity index (χ3n) is 3.41. The Morgan fingerprint density at radius 1 is 1.37 bits per heavy atom. The molecule has 1 atom stereocenters. The van der Waals surface area contributed by atoms with Gasteiger partial charge in [-0.15, -0.1) is 0 Å². The van der Waals surface area contributed by atoms with Gasteiger partial charge in [0, 0.05) is 16.6 Å². The fourth-order valence-electron chi connectivity index (χ4n) is 2.43. The molecule has 0 bridgehead atoms. The number of carbonyl (C=O) groups is 2. The summed E-state index contributed by atoms with van der Waals surface area (Å²) in [6, 6.07) is 7.24. The van der Waals surface area contributed by atoms with Crippen LogP contribution in [0.15, 0.2) is 24.3 Å². The monoisotopic (exact) mass is 257 g/mol. The maximum absolute atomic E-state index is 12.0. The van der Waals surface area contributed by atoms with Crippen molar-refractivity contribution in [3.05, 3.63) is 30.0 Å². The molecule has 5 nitrogen and oxygen atoms in total. The second kappa shape index (κ2) is 4.85. The van der Waals surface area contributed by atoms with Gasteiger partial charge in [-0.2, -0.15) is 0 Å². The number of anilines is 1. The number of H-pyrrole nitrogens is 1. The molecular formula is C14H15N3O2. The minimum absolute atomic E-state index is 0.00277. The van der Waals surface area contributed by atoms with Crippen LogP contribution in [0.1, 0.15) is 23.3 Å². The number of amides is 1. The molecule has 0 spiro atoms. The molecule has 1 aliphatic rings. The largest absolute Gasteiger partial charge is 0.352 e. The van der Waals surface area contributed by atoms with Crippen molar-refractivity contribution < 1.29 is 9.59 Å². The molecule has 1 aromatic carbocycles. The maximum Gasteiger partial charge on any atom is 0.241 e. The van der Waals surface area contributed by atoms with Crippen molar-refractivity contribution in [1.29, 1.82) is 0 Å². The maximum atomic E-state index is 12.0. The molecule has 1 amide bonds. The third-order valence-corrected chi connectivity index (χ3v) is 3.41. The van der Waals surface area contributed by atoms with E-state index < -0.39 is 0 Å². The van der Waals surface area contributed by atoms with Gasteiger partial charge in [0.15, 0.2) is 6.29 Å². The van der Waals surface area contributed by atoms with Crippen LogP contribution in [-0.2, 0) is 4.79 Å². The van der Waals surface area contributed by atoms with E-state index in [-0.39, 0.29) is 11.9 Å². The van der Waals surface area contributed by atoms with Crippen molar-refractivity contribution in [2.45, 2.75) is 18.9 Å². The lowest BCUT2D eigenvalue weighted by atomic mass is 10.2. The van der Waals surface area contributed by atoms with Crippen LogP contribution in [0.25, 0.3) is 10.9 Å². The summed E-state index contributed by atoms with van der Waals surface area (Å²) < 4.78 is 0. The van der Waals surface area contributed by atoms with Crippen molar-refractivity contribution >= 4 is 28.8 Å². The van der Waals surface area contributed by atoms with Crippen molar-refractivity contribution in [2.24, 2.45) is 0 Å². The number of hydrogen-bond acceptors (Lipinski definition) is 3. The van der Waals surface area contributed by atoms with Gasteiger partial charge < -0.3 is 15.6 Å². The van der Waals surface area contributed by atoms with Crippen LogP contribution in [-0.4, -0.2) is 29.8 Å². The molecule has 0 unspecified atom stereocenters. The highest BCUT2D eigenvalue weighted by molar-refractivity contribution is 5.97. The quantitative estimate of drug-likeness (QED) is 0.732. The van der Waals surface area contributed by atoms with Crippen molar-refractivity contribution in [1.82, 2.24) is 10.3 Å². The number of benzene rings is 1. The van der Waals surface area contributed by atoms with E-state index in [2.05, 4.69) is 15.6 Å². The topological polar surface area (TPSA) is 74.0 Å². The van der Waals surface area contributed by atoms with Gasteiger partial charge in [-0.25, -0.2) is 0 Å². The Labute approximate surface area is 110 Å². The number of aromatic nitrogens is 1. The van der Waals surface area contributed by atoms with E-state index in [0.717, 1.165) is 42.3 Å². The number of rotatable bonds is 3. The standard InChI is InChI=1S/C14H15N3O2/c18-8-11-7-9-6-10(3-4-12(9)16-11)17-14(19)13-2-1-5-15-13/h3-4,6-8,13,15-16H,1-2,5H2,(H,17,19)/t13-/m0/s1. The molecule has 2 aromatic rings. The molecule has 19 heavy (non-hydrogen) atoms. The van der Waals surface area contributed by atoms with Gasteiger partial charge in [-0.3, -0.25) is 9.59 Å². The van der Waals surface area contributed by atoms with E-state index in [0.29, 0.717) is 5.69 Å². The number of nitrogens with one attached hydrogen (secondary N) is 3. The Morgan fingerprint density at radius 3 is 3.00 bits per heavy atom. The van der Waals surface area contributed by atoms with Crippen molar-refractivity contribution in [3.8, 4) is 0 Å². The molecule has 3 rings (SSSR count). The zero-order valence-corrected chi connectivity index (χ0v) is 10.4. The zero-order valence-electron chi connectivity index (χ0n) is 10.4. The molecule has 3 N–H and O–H groups in total. The molecule has 1 saturated heterocycles. The lowest BCUT2D eigenvalue weighted by Gasteiger charge is -2.11. The van der Waals surface area contributed by atoms with E-state index in [4.69, 9.17) is 0 Å². The average molecular weight is 257 g/mol. The molecule has 0 saturated carbocycles. The third kappa shape index (κ3) is 2.37. The first kappa shape index (κ1) is 11.9. The molecular weight excluding hydrogens is 242 g/mol. The number of aromatic amines is 1. The van der Waals surface area contributed by atoms with Crippen molar-refractivity contribution in [3.63, 3.8) is 0 Å². The summed E-state index contributed by atoms with van der Waals surface area (Å²) in [6.07, 6.45) is 2.70. The lowest BCUT2D eigenvalue weighted by Crippen LogP contribution is -2.35. The van der Waals surface area contributed by atoms with Crippen LogP contribution in [0.2, 0.25) is 0 Å². The second-order valence-corrected chi connectivity index (χ2v) is 4.78. The number of fused-ring (bicyclic) bond motifs is 1. The van der Waals surface area contributed by atoms with Gasteiger partial charge in [0.1, 0.15) is 0 Å². The smallest absolute Gasteiger partial charge is 0.241 e. The Balaban J connectivity index is 1.80. The van der Waals surface area contributed by atoms with Gasteiger partial charge in [0.2, 0.25) is 5.91 Å². The first-order chi connectivity index (χ1) is 9.26. The number of carbonyl (C=O) groups excluding carboxylic acids is 2. The van der Waals surface area contributed by atoms with Crippen LogP contribution in [0.5, 0.6) is 0 Å². The van der Waals surface area contributed by atoms with E-state index in [9.17, 15) is 9.59 Å². The number of hydrogen-bond donors (Lipinski definition) is 3. The lowest BCUT2D eigenvalue weighted by molar-refractivity contribution is -0.117. The molecule has 2 heterocycles. The Kier molecular flexibility index (Phi) is 3.05. The summed E-state index contributed by atoms with van der Waals surface area (Å²) in [6.45, 7) is 0.900. The number of aldehydes is 1. The first-order valence-corrected chi connectivity index (χ1v) is 6.38.